The van der Waals surface area contributed by atoms with Crippen molar-refractivity contribution in [2.75, 3.05) is 26.4 Å². The lowest BCUT2D eigenvalue weighted by atomic mass is 9.95. The van der Waals surface area contributed by atoms with Gasteiger partial charge in [0.2, 0.25) is 9.70 Å². The zero-order chi connectivity index (χ0) is 72.2. The predicted octanol–water partition coefficient (Wildman–Crippen LogP) is 17.4. The molecule has 7 aromatic rings. The smallest absolute Gasteiger partial charge is 0.445 e. The van der Waals surface area contributed by atoms with Crippen molar-refractivity contribution in [1.82, 2.24) is 10.6 Å². The van der Waals surface area contributed by atoms with Crippen LogP contribution in [0.25, 0.3) is 0 Å². The summed E-state index contributed by atoms with van der Waals surface area (Å²) in [7, 11) is -4.74. The van der Waals surface area contributed by atoms with Gasteiger partial charge in [-0.2, -0.15) is 0 Å². The Labute approximate surface area is 622 Å². The first-order valence-electron chi connectivity index (χ1n) is 35.6. The highest BCUT2D eigenvalue weighted by Gasteiger charge is 2.54. The van der Waals surface area contributed by atoms with E-state index in [1.807, 2.05) is 212 Å². The van der Waals surface area contributed by atoms with Crippen LogP contribution in [0.1, 0.15) is 116 Å². The Morgan fingerprint density at radius 1 is 0.485 bits per heavy atom. The molecule has 0 aliphatic carbocycles. The molecule has 0 aromatic heterocycles. The van der Waals surface area contributed by atoms with Crippen molar-refractivity contribution >= 4 is 54.6 Å². The zero-order valence-electron chi connectivity index (χ0n) is 58.5. The van der Waals surface area contributed by atoms with Crippen molar-refractivity contribution in [1.29, 1.82) is 0 Å². The van der Waals surface area contributed by atoms with Gasteiger partial charge in [0, 0.05) is 0 Å². The second kappa shape index (κ2) is 44.6. The Kier molecular flexibility index (Phi) is 34.9. The quantitative estimate of drug-likeness (QED) is 0.0158. The van der Waals surface area contributed by atoms with E-state index in [1.54, 1.807) is 6.08 Å². The van der Waals surface area contributed by atoms with Crippen LogP contribution in [-0.2, 0) is 117 Å². The number of rotatable bonds is 45. The number of benzene rings is 7. The molecule has 2 heterocycles. The number of amides is 2. The van der Waals surface area contributed by atoms with Crippen molar-refractivity contribution in [2.24, 2.45) is 0 Å². The summed E-state index contributed by atoms with van der Waals surface area (Å²) in [6, 6.07) is 63.8. The molecule has 18 nitrogen and oxygen atoms in total. The lowest BCUT2D eigenvalue weighted by Gasteiger charge is -2.48. The van der Waals surface area contributed by atoms with Crippen molar-refractivity contribution in [3.8, 4) is 0 Å². The number of halogens is 3. The molecule has 0 saturated carbocycles. The number of phosphoric ester groups is 1. The maximum absolute atomic E-state index is 15.8. The van der Waals surface area contributed by atoms with Crippen molar-refractivity contribution in [3.63, 3.8) is 0 Å². The van der Waals surface area contributed by atoms with Crippen molar-refractivity contribution in [2.45, 2.75) is 195 Å². The standard InChI is InChI=1S/C81H98Cl3N2O16P/c1-3-5-6-7-8-9-10-11-33-48-68(92-52-62-36-21-13-22-37-62)50-71(87)85-72-76(94-54-64-40-25-15-26-41-64)74(93-53-63-38-23-14-24-39-63)70(101-78(72)91-49-4-2)59-96-79-73(86-80(88)97-60-81(82,83)84)77(95-55-65-42-27-16-28-43-65)75(69(100-79)58-90-51-61-34-19-12-20-35-61)102-103(89,98-56-66-44-29-17-30-45-66)99-57-67-46-31-18-32-47-67/h4,12-32,34-47,68-70,72-79H,2-3,5-11,33,48-60H2,1H3,(H,85,87)(H,86,88)/t68-,69?,70?,72?,73?,74?,75?,76?,77?,78?,79?/m1/s1. The van der Waals surface area contributed by atoms with Gasteiger partial charge in [-0.15, -0.1) is 6.58 Å². The van der Waals surface area contributed by atoms with Crippen LogP contribution in [0.3, 0.4) is 0 Å². The van der Waals surface area contributed by atoms with Crippen LogP contribution >= 0.6 is 42.6 Å². The molecule has 10 unspecified atom stereocenters. The maximum atomic E-state index is 15.8. The molecule has 2 aliphatic rings. The molecule has 2 amide bonds. The van der Waals surface area contributed by atoms with Crippen LogP contribution in [0.5, 0.6) is 0 Å². The van der Waals surface area contributed by atoms with Gasteiger partial charge in [-0.3, -0.25) is 18.4 Å². The SMILES string of the molecule is C=CCOC1OC(COC2OC(COCc3ccccc3)C(OP(=O)(OCc3ccccc3)OCc3ccccc3)C(OCc3ccccc3)C2NC(=O)OCC(Cl)(Cl)Cl)C(OCc2ccccc2)C(OCc2ccccc2)C1NC(=O)C[C@@H](CCCCCCCCCCC)OCc1ccccc1. The minimum absolute atomic E-state index is 0.00146. The van der Waals surface area contributed by atoms with Crippen LogP contribution in [0.2, 0.25) is 0 Å². The molecular weight excluding hydrogens is 1390 g/mol. The Bertz CT molecular complexity index is 3480. The van der Waals surface area contributed by atoms with E-state index in [9.17, 15) is 4.79 Å². The number of alkyl carbamates (subject to hydrolysis) is 1. The number of carbonyl (C=O) groups excluding carboxylic acids is 2. The molecule has 554 valence electrons. The third-order valence-electron chi connectivity index (χ3n) is 17.4. The Balaban J connectivity index is 1.08. The number of hydrogen-bond donors (Lipinski definition) is 2. The molecule has 9 rings (SSSR count). The van der Waals surface area contributed by atoms with Crippen LogP contribution in [0.4, 0.5) is 4.79 Å². The molecule has 2 saturated heterocycles. The van der Waals surface area contributed by atoms with E-state index >= 15 is 9.36 Å². The van der Waals surface area contributed by atoms with Gasteiger partial charge in [0.15, 0.2) is 12.6 Å². The Morgan fingerprint density at radius 3 is 1.35 bits per heavy atom. The highest BCUT2D eigenvalue weighted by atomic mass is 35.6. The van der Waals surface area contributed by atoms with Crippen molar-refractivity contribution in [3.05, 3.63) is 264 Å². The third-order valence-corrected chi connectivity index (χ3v) is 19.1. The Morgan fingerprint density at radius 2 is 0.883 bits per heavy atom. The van der Waals surface area contributed by atoms with Gasteiger partial charge in [0.25, 0.3) is 0 Å². The van der Waals surface area contributed by atoms with E-state index in [0.29, 0.717) is 24.2 Å². The first-order valence-corrected chi connectivity index (χ1v) is 38.2. The summed E-state index contributed by atoms with van der Waals surface area (Å²) in [4.78, 5) is 29.5. The number of ether oxygens (including phenoxy) is 10. The van der Waals surface area contributed by atoms with E-state index in [1.165, 1.54) is 38.5 Å². The summed E-state index contributed by atoms with van der Waals surface area (Å²) < 4.78 is 101. The summed E-state index contributed by atoms with van der Waals surface area (Å²) in [5.74, 6) is -0.315. The topological polar surface area (TPSA) is 195 Å². The van der Waals surface area contributed by atoms with Gasteiger partial charge in [-0.05, 0) is 45.4 Å². The summed E-state index contributed by atoms with van der Waals surface area (Å²) in [6.45, 7) is 5.04. The molecule has 22 heteroatoms. The van der Waals surface area contributed by atoms with Crippen LogP contribution in [-0.4, -0.2) is 110 Å². The second-order valence-corrected chi connectivity index (χ2v) is 29.7. The molecule has 11 atom stereocenters. The number of unbranched alkanes of at least 4 members (excludes halogenated alkanes) is 8. The number of nitrogens with one attached hydrogen (secondary N) is 2. The minimum atomic E-state index is -4.74. The largest absolute Gasteiger partial charge is 0.475 e. The molecule has 2 fully saturated rings. The van der Waals surface area contributed by atoms with Gasteiger partial charge in [0.1, 0.15) is 55.3 Å². The normalized spacial score (nSPS) is 20.9. The van der Waals surface area contributed by atoms with Crippen LogP contribution in [0.15, 0.2) is 225 Å². The molecule has 2 aliphatic heterocycles. The fraction of sp³-hybridized carbons (Fsp3) is 0.432. The molecule has 0 spiro atoms. The third kappa shape index (κ3) is 28.8. The second-order valence-electron chi connectivity index (χ2n) is 25.6. The van der Waals surface area contributed by atoms with Gasteiger partial charge >= 0.3 is 13.9 Å². The lowest BCUT2D eigenvalue weighted by Crippen LogP contribution is -2.68. The first-order chi connectivity index (χ1) is 50.3. The van der Waals surface area contributed by atoms with Gasteiger partial charge < -0.3 is 58.0 Å². The van der Waals surface area contributed by atoms with E-state index in [4.69, 9.17) is 95.7 Å². The van der Waals surface area contributed by atoms with Gasteiger partial charge in [-0.1, -0.05) is 318 Å². The van der Waals surface area contributed by atoms with Gasteiger partial charge in [0.05, 0.1) is 78.6 Å². The van der Waals surface area contributed by atoms with E-state index in [2.05, 4.69) is 24.1 Å². The van der Waals surface area contributed by atoms with E-state index in [-0.39, 0.29) is 71.8 Å². The Hall–Kier alpha value is -6.36. The monoisotopic (exact) mass is 1490 g/mol. The average Bonchev–Trinajstić information content (AvgIpc) is 0.776. The summed E-state index contributed by atoms with van der Waals surface area (Å²) in [5.41, 5.74) is 5.58. The average molecular weight is 1490 g/mol. The number of alkyl halides is 3. The lowest BCUT2D eigenvalue weighted by molar-refractivity contribution is -0.313. The number of carbonyl (C=O) groups is 2. The van der Waals surface area contributed by atoms with Crippen LogP contribution in [0, 0.1) is 0 Å². The van der Waals surface area contributed by atoms with Crippen molar-refractivity contribution < 1.29 is 75.1 Å². The summed E-state index contributed by atoms with van der Waals surface area (Å²) >= 11 is 18.6. The zero-order valence-corrected chi connectivity index (χ0v) is 61.7. The summed E-state index contributed by atoms with van der Waals surface area (Å²) in [6.07, 6.45) is 1.14. The van der Waals surface area contributed by atoms with E-state index in [0.717, 1.165) is 47.1 Å². The maximum Gasteiger partial charge on any atom is 0.475 e. The molecule has 0 bridgehead atoms. The highest BCUT2D eigenvalue weighted by molar-refractivity contribution is 7.48. The highest BCUT2D eigenvalue weighted by Crippen LogP contribution is 2.54. The first kappa shape index (κ1) is 80.7. The molecule has 2 N–H and O–H groups in total. The predicted molar refractivity (Wildman–Crippen MR) is 397 cm³/mol. The molecule has 0 radical (unpaired) electrons. The minimum Gasteiger partial charge on any atom is -0.445 e. The molecule has 7 aromatic carbocycles. The molecular formula is C81H98Cl3N2O16P. The number of hydrogen-bond acceptors (Lipinski definition) is 16. The number of phosphoric acid groups is 1. The molecule has 103 heavy (non-hydrogen) atoms. The van der Waals surface area contributed by atoms with Gasteiger partial charge in [-0.25, -0.2) is 9.36 Å². The summed E-state index contributed by atoms with van der Waals surface area (Å²) in [5, 5.41) is 6.20. The fourth-order valence-corrected chi connectivity index (χ4v) is 13.6. The fourth-order valence-electron chi connectivity index (χ4n) is 12.1. The van der Waals surface area contributed by atoms with E-state index < -0.39 is 91.7 Å². The van der Waals surface area contributed by atoms with Crippen LogP contribution < -0.4 is 10.6 Å².